The highest BCUT2D eigenvalue weighted by Gasteiger charge is 2.14. The van der Waals surface area contributed by atoms with E-state index in [1.54, 1.807) is 22.3 Å². The fourth-order valence-electron chi connectivity index (χ4n) is 2.51. The van der Waals surface area contributed by atoms with Crippen LogP contribution in [0.2, 0.25) is 0 Å². The summed E-state index contributed by atoms with van der Waals surface area (Å²) in [5, 5.41) is 7.70. The minimum Gasteiger partial charge on any atom is -0.350 e. The van der Waals surface area contributed by atoms with Crippen LogP contribution in [0.4, 0.5) is 11.4 Å². The molecule has 25 heavy (non-hydrogen) atoms. The maximum atomic E-state index is 12.6. The molecule has 1 aromatic carbocycles. The second kappa shape index (κ2) is 7.08. The lowest BCUT2D eigenvalue weighted by Gasteiger charge is -2.14. The Kier molecular flexibility index (Phi) is 4.87. The van der Waals surface area contributed by atoms with Crippen molar-refractivity contribution in [2.24, 2.45) is 0 Å². The van der Waals surface area contributed by atoms with Crippen LogP contribution in [0, 0.1) is 6.92 Å². The van der Waals surface area contributed by atoms with E-state index in [-0.39, 0.29) is 18.4 Å². The summed E-state index contributed by atoms with van der Waals surface area (Å²) in [5.74, 6) is -0.373. The number of nitrogens with one attached hydrogen (secondary N) is 3. The molecule has 2 aromatic heterocycles. The second-order valence-electron chi connectivity index (χ2n) is 6.17. The molecule has 6 nitrogen and oxygen atoms in total. The number of aromatic nitrogens is 1. The second-order valence-corrected chi connectivity index (χ2v) is 7.12. The number of H-pyrrole nitrogens is 1. The zero-order chi connectivity index (χ0) is 18.0. The first-order chi connectivity index (χ1) is 11.9. The smallest absolute Gasteiger partial charge is 0.272 e. The summed E-state index contributed by atoms with van der Waals surface area (Å²) in [7, 11) is 3.66. The zero-order valence-corrected chi connectivity index (χ0v) is 15.2. The molecule has 0 fully saturated rings. The van der Waals surface area contributed by atoms with E-state index in [9.17, 15) is 9.59 Å². The number of amides is 2. The molecular formula is C18H20N4O2S. The van der Waals surface area contributed by atoms with E-state index in [1.807, 2.05) is 50.7 Å². The fourth-order valence-corrected chi connectivity index (χ4v) is 3.29. The maximum Gasteiger partial charge on any atom is 0.272 e. The molecule has 0 saturated carbocycles. The number of benzene rings is 1. The molecule has 0 saturated heterocycles. The molecule has 0 aliphatic heterocycles. The molecule has 0 radical (unpaired) electrons. The van der Waals surface area contributed by atoms with Crippen molar-refractivity contribution in [1.29, 1.82) is 0 Å². The molecule has 3 aromatic rings. The van der Waals surface area contributed by atoms with Gasteiger partial charge in [-0.3, -0.25) is 9.59 Å². The Labute approximate surface area is 149 Å². The molecule has 3 N–H and O–H groups in total. The van der Waals surface area contributed by atoms with Gasteiger partial charge in [-0.15, -0.1) is 11.3 Å². The fraction of sp³-hybridized carbons (Fsp3) is 0.222. The van der Waals surface area contributed by atoms with Crippen molar-refractivity contribution in [2.45, 2.75) is 6.92 Å². The summed E-state index contributed by atoms with van der Waals surface area (Å²) < 4.78 is 1.04. The van der Waals surface area contributed by atoms with Gasteiger partial charge >= 0.3 is 0 Å². The number of carbonyl (C=O) groups excluding carboxylic acids is 2. The third-order valence-electron chi connectivity index (χ3n) is 3.64. The van der Waals surface area contributed by atoms with Gasteiger partial charge in [0.25, 0.3) is 5.91 Å². The standard InChI is InChI=1S/C18H20N4O2S/c1-11-4-5-12(20-17(23)10-22(2)3)14(8-11)21-18(24)15-9-16-13(19-15)6-7-25-16/h4-9,19H,10H2,1-3H3,(H,20,23)(H,21,24). The molecule has 2 heterocycles. The van der Waals surface area contributed by atoms with E-state index >= 15 is 0 Å². The van der Waals surface area contributed by atoms with Gasteiger partial charge in [0.2, 0.25) is 5.91 Å². The number of rotatable bonds is 5. The average Bonchev–Trinajstić information content (AvgIpc) is 3.10. The molecule has 2 amide bonds. The molecule has 7 heteroatoms. The number of nitrogens with zero attached hydrogens (tertiary/aromatic N) is 1. The summed E-state index contributed by atoms with van der Waals surface area (Å²) in [4.78, 5) is 29.5. The first kappa shape index (κ1) is 17.2. The number of hydrogen-bond acceptors (Lipinski definition) is 4. The molecule has 130 valence electrons. The van der Waals surface area contributed by atoms with Gasteiger partial charge in [-0.1, -0.05) is 6.07 Å². The Morgan fingerprint density at radius 3 is 2.64 bits per heavy atom. The Hall–Kier alpha value is -2.64. The molecular weight excluding hydrogens is 336 g/mol. The van der Waals surface area contributed by atoms with Crippen LogP contribution in [-0.4, -0.2) is 42.3 Å². The number of fused-ring (bicyclic) bond motifs is 1. The Balaban J connectivity index is 1.80. The van der Waals surface area contributed by atoms with Crippen LogP contribution in [0.1, 0.15) is 16.1 Å². The van der Waals surface area contributed by atoms with Gasteiger partial charge in [0.15, 0.2) is 0 Å². The van der Waals surface area contributed by atoms with E-state index in [2.05, 4.69) is 15.6 Å². The van der Waals surface area contributed by atoms with Crippen LogP contribution >= 0.6 is 11.3 Å². The SMILES string of the molecule is Cc1ccc(NC(=O)CN(C)C)c(NC(=O)c2cc3sccc3[nH]2)c1. The van der Waals surface area contributed by atoms with E-state index in [0.717, 1.165) is 15.8 Å². The molecule has 0 spiro atoms. The van der Waals surface area contributed by atoms with Gasteiger partial charge in [0.1, 0.15) is 5.69 Å². The number of thiophene rings is 1. The monoisotopic (exact) mass is 356 g/mol. The van der Waals surface area contributed by atoms with Crippen molar-refractivity contribution in [3.05, 3.63) is 47.0 Å². The first-order valence-electron chi connectivity index (χ1n) is 7.85. The van der Waals surface area contributed by atoms with Gasteiger partial charge in [-0.25, -0.2) is 0 Å². The van der Waals surface area contributed by atoms with Crippen LogP contribution in [0.25, 0.3) is 10.2 Å². The minimum atomic E-state index is -0.239. The molecule has 0 aliphatic carbocycles. The van der Waals surface area contributed by atoms with Gasteiger partial charge in [-0.05, 0) is 56.2 Å². The quantitative estimate of drug-likeness (QED) is 0.656. The van der Waals surface area contributed by atoms with Crippen LogP contribution in [0.3, 0.4) is 0 Å². The third kappa shape index (κ3) is 4.07. The Bertz CT molecular complexity index is 898. The van der Waals surface area contributed by atoms with Crippen molar-refractivity contribution in [1.82, 2.24) is 9.88 Å². The van der Waals surface area contributed by atoms with Crippen molar-refractivity contribution >= 4 is 44.7 Å². The van der Waals surface area contributed by atoms with Gasteiger partial charge in [-0.2, -0.15) is 0 Å². The Morgan fingerprint density at radius 1 is 1.12 bits per heavy atom. The molecule has 0 aliphatic rings. The van der Waals surface area contributed by atoms with Crippen LogP contribution in [-0.2, 0) is 4.79 Å². The number of anilines is 2. The van der Waals surface area contributed by atoms with Crippen molar-refractivity contribution in [3.8, 4) is 0 Å². The van der Waals surface area contributed by atoms with Crippen molar-refractivity contribution in [2.75, 3.05) is 31.3 Å². The number of aryl methyl sites for hydroxylation is 1. The number of carbonyl (C=O) groups is 2. The number of hydrogen-bond donors (Lipinski definition) is 3. The Morgan fingerprint density at radius 2 is 1.92 bits per heavy atom. The largest absolute Gasteiger partial charge is 0.350 e. The van der Waals surface area contributed by atoms with Gasteiger partial charge < -0.3 is 20.5 Å². The summed E-state index contributed by atoms with van der Waals surface area (Å²) in [5.41, 5.74) is 3.59. The predicted octanol–water partition coefficient (Wildman–Crippen LogP) is 3.29. The van der Waals surface area contributed by atoms with Crippen LogP contribution in [0.5, 0.6) is 0 Å². The van der Waals surface area contributed by atoms with Crippen LogP contribution < -0.4 is 10.6 Å². The highest BCUT2D eigenvalue weighted by molar-refractivity contribution is 7.17. The highest BCUT2D eigenvalue weighted by Crippen LogP contribution is 2.25. The van der Waals surface area contributed by atoms with E-state index < -0.39 is 0 Å². The summed E-state index contributed by atoms with van der Waals surface area (Å²) in [6.45, 7) is 2.21. The normalized spacial score (nSPS) is 11.0. The van der Waals surface area contributed by atoms with Crippen molar-refractivity contribution < 1.29 is 9.59 Å². The van der Waals surface area contributed by atoms with Gasteiger partial charge in [0, 0.05) is 0 Å². The number of likely N-dealkylation sites (N-methyl/N-ethyl adjacent to an activating group) is 1. The zero-order valence-electron chi connectivity index (χ0n) is 14.3. The van der Waals surface area contributed by atoms with E-state index in [1.165, 1.54) is 0 Å². The minimum absolute atomic E-state index is 0.135. The summed E-state index contributed by atoms with van der Waals surface area (Å²) in [6, 6.07) is 9.30. The average molecular weight is 356 g/mol. The van der Waals surface area contributed by atoms with E-state index in [4.69, 9.17) is 0 Å². The highest BCUT2D eigenvalue weighted by atomic mass is 32.1. The molecule has 0 unspecified atom stereocenters. The first-order valence-corrected chi connectivity index (χ1v) is 8.73. The predicted molar refractivity (Wildman–Crippen MR) is 102 cm³/mol. The lowest BCUT2D eigenvalue weighted by molar-refractivity contribution is -0.116. The van der Waals surface area contributed by atoms with Gasteiger partial charge in [0.05, 0.1) is 28.1 Å². The molecule has 0 bridgehead atoms. The topological polar surface area (TPSA) is 77.2 Å². The maximum absolute atomic E-state index is 12.6. The number of aromatic amines is 1. The molecule has 0 atom stereocenters. The van der Waals surface area contributed by atoms with E-state index in [0.29, 0.717) is 17.1 Å². The molecule has 3 rings (SSSR count). The third-order valence-corrected chi connectivity index (χ3v) is 4.51. The lowest BCUT2D eigenvalue weighted by Crippen LogP contribution is -2.27. The van der Waals surface area contributed by atoms with Crippen LogP contribution in [0.15, 0.2) is 35.7 Å². The summed E-state index contributed by atoms with van der Waals surface area (Å²) in [6.07, 6.45) is 0. The summed E-state index contributed by atoms with van der Waals surface area (Å²) >= 11 is 1.58. The van der Waals surface area contributed by atoms with Crippen molar-refractivity contribution in [3.63, 3.8) is 0 Å². The lowest BCUT2D eigenvalue weighted by atomic mass is 10.2.